The lowest BCUT2D eigenvalue weighted by Crippen LogP contribution is -2.32. The first-order valence-electron chi connectivity index (χ1n) is 7.57. The lowest BCUT2D eigenvalue weighted by Gasteiger charge is -2.34. The summed E-state index contributed by atoms with van der Waals surface area (Å²) < 4.78 is 0. The van der Waals surface area contributed by atoms with Crippen LogP contribution in [0.2, 0.25) is 0 Å². The third kappa shape index (κ3) is 2.05. The van der Waals surface area contributed by atoms with Crippen molar-refractivity contribution >= 4 is 28.0 Å². The topological polar surface area (TPSA) is 54.4 Å². The number of hydrazone groups is 1. The van der Waals surface area contributed by atoms with Gasteiger partial charge in [-0.3, -0.25) is 10.2 Å². The Kier molecular flexibility index (Phi) is 3.24. The lowest BCUT2D eigenvalue weighted by molar-refractivity contribution is 0.102. The Labute approximate surface area is 130 Å². The number of ketones is 1. The van der Waals surface area contributed by atoms with E-state index in [0.29, 0.717) is 5.41 Å². The number of fused-ring (bicyclic) bond motifs is 2. The van der Waals surface area contributed by atoms with Gasteiger partial charge in [0, 0.05) is 18.1 Å². The van der Waals surface area contributed by atoms with Crippen molar-refractivity contribution in [2.24, 2.45) is 21.8 Å². The van der Waals surface area contributed by atoms with Crippen LogP contribution in [0.15, 0.2) is 5.10 Å². The maximum absolute atomic E-state index is 11.5. The van der Waals surface area contributed by atoms with Gasteiger partial charge in [-0.05, 0) is 37.5 Å². The van der Waals surface area contributed by atoms with Gasteiger partial charge in [0.1, 0.15) is 0 Å². The van der Waals surface area contributed by atoms with Gasteiger partial charge in [-0.1, -0.05) is 32.1 Å². The van der Waals surface area contributed by atoms with Crippen LogP contribution in [0.1, 0.15) is 62.3 Å². The average molecular weight is 305 g/mol. The van der Waals surface area contributed by atoms with E-state index < -0.39 is 0 Å². The SMILES string of the molecule is CC(=O)c1sc(NN=C2CC3CCC2(C)C3(C)C)nc1C. The van der Waals surface area contributed by atoms with E-state index in [9.17, 15) is 4.79 Å². The quantitative estimate of drug-likeness (QED) is 0.670. The summed E-state index contributed by atoms with van der Waals surface area (Å²) in [5, 5.41) is 5.38. The molecule has 1 heterocycles. The lowest BCUT2D eigenvalue weighted by atomic mass is 9.70. The number of aryl methyl sites for hydroxylation is 1. The van der Waals surface area contributed by atoms with Crippen LogP contribution in [-0.4, -0.2) is 16.5 Å². The van der Waals surface area contributed by atoms with Crippen LogP contribution in [0.5, 0.6) is 0 Å². The summed E-state index contributed by atoms with van der Waals surface area (Å²) in [5.74, 6) is 0.813. The van der Waals surface area contributed by atoms with Crippen LogP contribution in [-0.2, 0) is 0 Å². The summed E-state index contributed by atoms with van der Waals surface area (Å²) in [5.41, 5.74) is 5.67. The first kappa shape index (κ1) is 14.7. The number of nitrogens with zero attached hydrogens (tertiary/aromatic N) is 2. The molecular weight excluding hydrogens is 282 g/mol. The number of nitrogens with one attached hydrogen (secondary N) is 1. The molecule has 0 radical (unpaired) electrons. The van der Waals surface area contributed by atoms with E-state index in [0.717, 1.165) is 28.0 Å². The first-order chi connectivity index (χ1) is 9.75. The highest BCUT2D eigenvalue weighted by Crippen LogP contribution is 2.63. The Balaban J connectivity index is 1.82. The molecule has 1 aromatic heterocycles. The van der Waals surface area contributed by atoms with Crippen molar-refractivity contribution in [3.8, 4) is 0 Å². The molecule has 0 saturated heterocycles. The fraction of sp³-hybridized carbons (Fsp3) is 0.688. The second-order valence-corrected chi connectivity index (χ2v) is 8.15. The van der Waals surface area contributed by atoms with E-state index >= 15 is 0 Å². The minimum absolute atomic E-state index is 0.0683. The predicted molar refractivity (Wildman–Crippen MR) is 87.1 cm³/mol. The largest absolute Gasteiger partial charge is 0.294 e. The van der Waals surface area contributed by atoms with E-state index in [1.807, 2.05) is 6.92 Å². The number of Topliss-reactive ketones (excluding diaryl/α,β-unsaturated/α-hetero) is 1. The molecule has 0 amide bonds. The zero-order valence-electron chi connectivity index (χ0n) is 13.4. The number of thiazole rings is 1. The van der Waals surface area contributed by atoms with Crippen molar-refractivity contribution in [2.45, 2.75) is 53.9 Å². The summed E-state index contributed by atoms with van der Waals surface area (Å²) in [7, 11) is 0. The van der Waals surface area contributed by atoms with Gasteiger partial charge in [-0.25, -0.2) is 4.98 Å². The fourth-order valence-electron chi connectivity index (χ4n) is 3.98. The molecule has 2 unspecified atom stereocenters. The van der Waals surface area contributed by atoms with Crippen LogP contribution in [0.4, 0.5) is 5.13 Å². The molecule has 2 aliphatic carbocycles. The smallest absolute Gasteiger partial charge is 0.204 e. The second kappa shape index (κ2) is 4.63. The van der Waals surface area contributed by atoms with Gasteiger partial charge in [-0.15, -0.1) is 0 Å². The maximum Gasteiger partial charge on any atom is 0.204 e. The molecule has 2 saturated carbocycles. The minimum Gasteiger partial charge on any atom is -0.294 e. The van der Waals surface area contributed by atoms with Crippen LogP contribution in [0.25, 0.3) is 0 Å². The number of anilines is 1. The van der Waals surface area contributed by atoms with E-state index in [1.54, 1.807) is 6.92 Å². The second-order valence-electron chi connectivity index (χ2n) is 7.15. The van der Waals surface area contributed by atoms with Crippen LogP contribution >= 0.6 is 11.3 Å². The average Bonchev–Trinajstić information content (AvgIpc) is 2.93. The molecule has 1 aromatic rings. The molecule has 2 aliphatic rings. The Morgan fingerprint density at radius 3 is 2.62 bits per heavy atom. The molecule has 3 rings (SSSR count). The van der Waals surface area contributed by atoms with Gasteiger partial charge in [-0.2, -0.15) is 5.10 Å². The van der Waals surface area contributed by atoms with E-state index in [4.69, 9.17) is 0 Å². The summed E-state index contributed by atoms with van der Waals surface area (Å²) >= 11 is 1.39. The van der Waals surface area contributed by atoms with Crippen molar-refractivity contribution in [1.29, 1.82) is 0 Å². The monoisotopic (exact) mass is 305 g/mol. The summed E-state index contributed by atoms with van der Waals surface area (Å²) in [6.45, 7) is 10.5. The highest BCUT2D eigenvalue weighted by Gasteiger charge is 2.59. The summed E-state index contributed by atoms with van der Waals surface area (Å²) in [4.78, 5) is 16.6. The third-order valence-corrected chi connectivity index (χ3v) is 7.08. The Bertz CT molecular complexity index is 631. The van der Waals surface area contributed by atoms with Crippen molar-refractivity contribution in [3.63, 3.8) is 0 Å². The van der Waals surface area contributed by atoms with Crippen molar-refractivity contribution in [3.05, 3.63) is 10.6 Å². The number of carbonyl (C=O) groups is 1. The molecular formula is C16H23N3OS. The van der Waals surface area contributed by atoms with Crippen LogP contribution in [0.3, 0.4) is 0 Å². The zero-order valence-corrected chi connectivity index (χ0v) is 14.2. The maximum atomic E-state index is 11.5. The van der Waals surface area contributed by atoms with Crippen LogP contribution in [0, 0.1) is 23.7 Å². The van der Waals surface area contributed by atoms with Gasteiger partial charge >= 0.3 is 0 Å². The molecule has 1 N–H and O–H groups in total. The standard InChI is InChI=1S/C16H23N3OS/c1-9-13(10(2)20)21-14(17-9)19-18-12-8-11-6-7-16(12,5)15(11,3)4/h11H,6-8H2,1-5H3,(H,17,19). The van der Waals surface area contributed by atoms with Gasteiger partial charge in [0.2, 0.25) is 5.13 Å². The molecule has 114 valence electrons. The van der Waals surface area contributed by atoms with E-state index in [-0.39, 0.29) is 11.2 Å². The van der Waals surface area contributed by atoms with E-state index in [2.05, 4.69) is 36.3 Å². The molecule has 2 atom stereocenters. The zero-order chi connectivity index (χ0) is 15.4. The Hall–Kier alpha value is -1.23. The first-order valence-corrected chi connectivity index (χ1v) is 8.39. The molecule has 2 fully saturated rings. The fourth-order valence-corrected chi connectivity index (χ4v) is 4.79. The van der Waals surface area contributed by atoms with Gasteiger partial charge in [0.15, 0.2) is 5.78 Å². The third-order valence-electron chi connectivity index (χ3n) is 5.92. The van der Waals surface area contributed by atoms with Crippen LogP contribution < -0.4 is 5.43 Å². The summed E-state index contributed by atoms with van der Waals surface area (Å²) in [6.07, 6.45) is 3.62. The van der Waals surface area contributed by atoms with Crippen molar-refractivity contribution < 1.29 is 4.79 Å². The highest BCUT2D eigenvalue weighted by molar-refractivity contribution is 7.17. The van der Waals surface area contributed by atoms with Crippen molar-refractivity contribution in [1.82, 2.24) is 4.98 Å². The number of rotatable bonds is 3. The Morgan fingerprint density at radius 2 is 2.14 bits per heavy atom. The molecule has 4 nitrogen and oxygen atoms in total. The minimum atomic E-state index is 0.0683. The normalized spacial score (nSPS) is 31.9. The number of hydrogen-bond donors (Lipinski definition) is 1. The Morgan fingerprint density at radius 1 is 1.43 bits per heavy atom. The number of hydrogen-bond acceptors (Lipinski definition) is 5. The summed E-state index contributed by atoms with van der Waals surface area (Å²) in [6, 6.07) is 0. The van der Waals surface area contributed by atoms with Gasteiger partial charge in [0.25, 0.3) is 0 Å². The molecule has 2 bridgehead atoms. The molecule has 21 heavy (non-hydrogen) atoms. The molecule has 5 heteroatoms. The molecule has 0 aliphatic heterocycles. The molecule has 0 spiro atoms. The van der Waals surface area contributed by atoms with Gasteiger partial charge < -0.3 is 0 Å². The van der Waals surface area contributed by atoms with Gasteiger partial charge in [0.05, 0.1) is 10.6 Å². The number of carbonyl (C=O) groups excluding carboxylic acids is 1. The van der Waals surface area contributed by atoms with E-state index in [1.165, 1.54) is 29.9 Å². The highest BCUT2D eigenvalue weighted by atomic mass is 32.1. The predicted octanol–water partition coefficient (Wildman–Crippen LogP) is 4.27. The number of aromatic nitrogens is 1. The van der Waals surface area contributed by atoms with Crippen molar-refractivity contribution in [2.75, 3.05) is 5.43 Å². The molecule has 0 aromatic carbocycles.